The molecule has 2 heteroatoms. The van der Waals surface area contributed by atoms with Crippen LogP contribution in [0.3, 0.4) is 0 Å². The third-order valence-electron chi connectivity index (χ3n) is 3.01. The monoisotopic (exact) mass is 209 g/mol. The first-order valence-corrected chi connectivity index (χ1v) is 5.49. The highest BCUT2D eigenvalue weighted by atomic mass is 35.5. The molecule has 0 radical (unpaired) electrons. The molecule has 1 aromatic carbocycles. The molecular weight excluding hydrogens is 194 g/mol. The maximum Gasteiger partial charge on any atom is 0.0406 e. The van der Waals surface area contributed by atoms with Gasteiger partial charge in [0.2, 0.25) is 0 Å². The Labute approximate surface area is 90.3 Å². The summed E-state index contributed by atoms with van der Waals surface area (Å²) in [6.45, 7) is 2.15. The molecule has 0 heterocycles. The number of halogens is 1. The molecule has 14 heavy (non-hydrogen) atoms. The molecule has 1 saturated carbocycles. The summed E-state index contributed by atoms with van der Waals surface area (Å²) in [6.07, 6.45) is 3.54. The third-order valence-corrected chi connectivity index (χ3v) is 3.26. The minimum Gasteiger partial charge on any atom is -0.325 e. The highest BCUT2D eigenvalue weighted by Gasteiger charge is 2.38. The lowest BCUT2D eigenvalue weighted by atomic mass is 9.89. The molecular formula is C12H16ClN. The van der Waals surface area contributed by atoms with E-state index in [-0.39, 0.29) is 5.54 Å². The first-order chi connectivity index (χ1) is 6.58. The predicted molar refractivity (Wildman–Crippen MR) is 60.5 cm³/mol. The number of nitrogens with two attached hydrogens (primary N) is 1. The van der Waals surface area contributed by atoms with Crippen molar-refractivity contribution < 1.29 is 0 Å². The Bertz CT molecular complexity index is 312. The average Bonchev–Trinajstić information content (AvgIpc) is 2.91. The molecule has 0 saturated heterocycles. The van der Waals surface area contributed by atoms with E-state index in [9.17, 15) is 0 Å². The summed E-state index contributed by atoms with van der Waals surface area (Å²) in [5.74, 6) is 0.721. The van der Waals surface area contributed by atoms with Crippen molar-refractivity contribution in [1.29, 1.82) is 0 Å². The molecule has 0 spiro atoms. The van der Waals surface area contributed by atoms with Crippen molar-refractivity contribution in [3.63, 3.8) is 0 Å². The highest BCUT2D eigenvalue weighted by Crippen LogP contribution is 2.39. The van der Waals surface area contributed by atoms with Gasteiger partial charge in [0.15, 0.2) is 0 Å². The van der Waals surface area contributed by atoms with Crippen molar-refractivity contribution in [2.45, 2.75) is 31.7 Å². The largest absolute Gasteiger partial charge is 0.325 e. The smallest absolute Gasteiger partial charge is 0.0406 e. The van der Waals surface area contributed by atoms with Crippen molar-refractivity contribution >= 4 is 11.6 Å². The average molecular weight is 210 g/mol. The second kappa shape index (κ2) is 3.56. The molecule has 1 atom stereocenters. The van der Waals surface area contributed by atoms with Gasteiger partial charge in [-0.1, -0.05) is 23.7 Å². The van der Waals surface area contributed by atoms with Gasteiger partial charge in [0.25, 0.3) is 0 Å². The molecule has 0 aromatic heterocycles. The zero-order chi connectivity index (χ0) is 10.2. The van der Waals surface area contributed by atoms with Crippen LogP contribution in [0.1, 0.15) is 25.3 Å². The second-order valence-corrected chi connectivity index (χ2v) is 5.02. The molecule has 1 fully saturated rings. The Kier molecular flexibility index (Phi) is 2.54. The van der Waals surface area contributed by atoms with E-state index in [1.54, 1.807) is 0 Å². The first-order valence-electron chi connectivity index (χ1n) is 5.11. The van der Waals surface area contributed by atoms with Crippen molar-refractivity contribution in [2.24, 2.45) is 11.7 Å². The Balaban J connectivity index is 2.06. The van der Waals surface area contributed by atoms with Crippen LogP contribution < -0.4 is 5.73 Å². The summed E-state index contributed by atoms with van der Waals surface area (Å²) in [5.41, 5.74) is 7.51. The van der Waals surface area contributed by atoms with Gasteiger partial charge in [0, 0.05) is 10.6 Å². The fourth-order valence-electron chi connectivity index (χ4n) is 1.93. The van der Waals surface area contributed by atoms with Gasteiger partial charge in [-0.05, 0) is 49.8 Å². The molecule has 2 N–H and O–H groups in total. The van der Waals surface area contributed by atoms with E-state index >= 15 is 0 Å². The van der Waals surface area contributed by atoms with E-state index in [2.05, 4.69) is 19.1 Å². The first kappa shape index (κ1) is 10.0. The fourth-order valence-corrected chi connectivity index (χ4v) is 2.06. The van der Waals surface area contributed by atoms with Gasteiger partial charge in [-0.15, -0.1) is 0 Å². The van der Waals surface area contributed by atoms with Gasteiger partial charge in [0.1, 0.15) is 0 Å². The van der Waals surface area contributed by atoms with Crippen LogP contribution in [0.2, 0.25) is 5.02 Å². The fraction of sp³-hybridized carbons (Fsp3) is 0.500. The zero-order valence-corrected chi connectivity index (χ0v) is 9.22. The Hall–Kier alpha value is -0.530. The van der Waals surface area contributed by atoms with Crippen LogP contribution in [0, 0.1) is 5.92 Å². The standard InChI is InChI=1S/C12H16ClN/c1-12(14,10-4-5-10)8-9-2-6-11(13)7-3-9/h2-3,6-7,10H,4-5,8,14H2,1H3. The molecule has 0 aliphatic heterocycles. The Morgan fingerprint density at radius 1 is 1.36 bits per heavy atom. The minimum atomic E-state index is -0.0339. The zero-order valence-electron chi connectivity index (χ0n) is 8.46. The third kappa shape index (κ3) is 2.28. The van der Waals surface area contributed by atoms with Gasteiger partial charge < -0.3 is 5.73 Å². The van der Waals surface area contributed by atoms with Gasteiger partial charge in [0.05, 0.1) is 0 Å². The molecule has 0 bridgehead atoms. The lowest BCUT2D eigenvalue weighted by Gasteiger charge is -2.24. The molecule has 1 unspecified atom stereocenters. The van der Waals surface area contributed by atoms with Crippen LogP contribution in [0.5, 0.6) is 0 Å². The highest BCUT2D eigenvalue weighted by molar-refractivity contribution is 6.30. The molecule has 1 aliphatic carbocycles. The van der Waals surface area contributed by atoms with Crippen LogP contribution in [-0.2, 0) is 6.42 Å². The second-order valence-electron chi connectivity index (χ2n) is 4.58. The summed E-state index contributed by atoms with van der Waals surface area (Å²) in [6, 6.07) is 7.99. The van der Waals surface area contributed by atoms with Crippen LogP contribution in [0.15, 0.2) is 24.3 Å². The van der Waals surface area contributed by atoms with Crippen LogP contribution in [0.25, 0.3) is 0 Å². The summed E-state index contributed by atoms with van der Waals surface area (Å²) >= 11 is 5.83. The SMILES string of the molecule is CC(N)(Cc1ccc(Cl)cc1)C1CC1. The molecule has 1 nitrogen and oxygen atoms in total. The number of rotatable bonds is 3. The number of hydrogen-bond acceptors (Lipinski definition) is 1. The quantitative estimate of drug-likeness (QED) is 0.814. The summed E-state index contributed by atoms with van der Waals surface area (Å²) in [4.78, 5) is 0. The Morgan fingerprint density at radius 2 is 1.93 bits per heavy atom. The van der Waals surface area contributed by atoms with Crippen molar-refractivity contribution in [3.05, 3.63) is 34.9 Å². The van der Waals surface area contributed by atoms with Gasteiger partial charge >= 0.3 is 0 Å². The molecule has 2 rings (SSSR count). The van der Waals surface area contributed by atoms with Crippen molar-refractivity contribution in [1.82, 2.24) is 0 Å². The predicted octanol–water partition coefficient (Wildman–Crippen LogP) is 3.01. The van der Waals surface area contributed by atoms with Crippen LogP contribution >= 0.6 is 11.6 Å². The lowest BCUT2D eigenvalue weighted by molar-refractivity contribution is 0.406. The van der Waals surface area contributed by atoms with Crippen LogP contribution in [-0.4, -0.2) is 5.54 Å². The molecule has 1 aliphatic rings. The number of benzene rings is 1. The van der Waals surface area contributed by atoms with Crippen LogP contribution in [0.4, 0.5) is 0 Å². The van der Waals surface area contributed by atoms with E-state index < -0.39 is 0 Å². The molecule has 76 valence electrons. The maximum absolute atomic E-state index is 6.26. The van der Waals surface area contributed by atoms with E-state index in [0.717, 1.165) is 17.4 Å². The maximum atomic E-state index is 6.26. The van der Waals surface area contributed by atoms with Gasteiger partial charge in [-0.25, -0.2) is 0 Å². The van der Waals surface area contributed by atoms with Crippen molar-refractivity contribution in [3.8, 4) is 0 Å². The lowest BCUT2D eigenvalue weighted by Crippen LogP contribution is -2.40. The molecule has 0 amide bonds. The minimum absolute atomic E-state index is 0.0339. The Morgan fingerprint density at radius 3 is 2.43 bits per heavy atom. The van der Waals surface area contributed by atoms with E-state index in [0.29, 0.717) is 0 Å². The summed E-state index contributed by atoms with van der Waals surface area (Å²) < 4.78 is 0. The normalized spacial score (nSPS) is 20.5. The summed E-state index contributed by atoms with van der Waals surface area (Å²) in [7, 11) is 0. The van der Waals surface area contributed by atoms with Gasteiger partial charge in [-0.3, -0.25) is 0 Å². The van der Waals surface area contributed by atoms with E-state index in [1.165, 1.54) is 18.4 Å². The van der Waals surface area contributed by atoms with Crippen molar-refractivity contribution in [2.75, 3.05) is 0 Å². The van der Waals surface area contributed by atoms with Gasteiger partial charge in [-0.2, -0.15) is 0 Å². The van der Waals surface area contributed by atoms with E-state index in [4.69, 9.17) is 17.3 Å². The summed E-state index contributed by atoms with van der Waals surface area (Å²) in [5, 5.41) is 0.791. The van der Waals surface area contributed by atoms with E-state index in [1.807, 2.05) is 12.1 Å². The number of hydrogen-bond donors (Lipinski definition) is 1. The topological polar surface area (TPSA) is 26.0 Å². The molecule has 1 aromatic rings.